The van der Waals surface area contributed by atoms with Crippen LogP contribution < -0.4 is 10.1 Å². The van der Waals surface area contributed by atoms with Crippen LogP contribution in [0.5, 0.6) is 11.5 Å². The van der Waals surface area contributed by atoms with Crippen molar-refractivity contribution in [2.45, 2.75) is 32.2 Å². The quantitative estimate of drug-likeness (QED) is 0.714. The summed E-state index contributed by atoms with van der Waals surface area (Å²) in [6.45, 7) is 1.90. The van der Waals surface area contributed by atoms with Gasteiger partial charge in [-0.05, 0) is 43.0 Å². The van der Waals surface area contributed by atoms with Crippen molar-refractivity contribution in [3.05, 3.63) is 23.8 Å². The Balaban J connectivity index is 1.70. The predicted molar refractivity (Wildman–Crippen MR) is 68.3 cm³/mol. The van der Waals surface area contributed by atoms with Gasteiger partial charge >= 0.3 is 0 Å². The first-order valence-electron chi connectivity index (χ1n) is 6.36. The number of phenolic OH excluding ortho intramolecular Hbond substituents is 1. The van der Waals surface area contributed by atoms with Crippen molar-refractivity contribution in [2.75, 3.05) is 13.7 Å². The number of hydrogen-bond donors (Lipinski definition) is 2. The molecular weight excluding hydrogens is 214 g/mol. The lowest BCUT2D eigenvalue weighted by molar-refractivity contribution is 0.372. The van der Waals surface area contributed by atoms with Crippen LogP contribution in [0.3, 0.4) is 0 Å². The van der Waals surface area contributed by atoms with Crippen LogP contribution >= 0.6 is 0 Å². The first-order chi connectivity index (χ1) is 8.29. The highest BCUT2D eigenvalue weighted by Crippen LogP contribution is 2.33. The Labute approximate surface area is 103 Å². The number of benzene rings is 1. The summed E-state index contributed by atoms with van der Waals surface area (Å²) < 4.78 is 5.08. The molecule has 1 saturated carbocycles. The van der Waals surface area contributed by atoms with Gasteiger partial charge < -0.3 is 15.2 Å². The van der Waals surface area contributed by atoms with E-state index in [-0.39, 0.29) is 5.75 Å². The molecule has 0 heterocycles. The van der Waals surface area contributed by atoms with E-state index in [1.165, 1.54) is 25.7 Å². The highest BCUT2D eigenvalue weighted by atomic mass is 16.5. The standard InChI is InChI=1S/C14H21NO2/c1-17-14-9-12(6-7-13(14)16)10-15-8-2-3-11-4-5-11/h6-7,9,11,15-16H,2-5,8,10H2,1H3. The molecular formula is C14H21NO2. The van der Waals surface area contributed by atoms with Gasteiger partial charge in [-0.3, -0.25) is 0 Å². The summed E-state index contributed by atoms with van der Waals surface area (Å²) in [5, 5.41) is 12.9. The van der Waals surface area contributed by atoms with Gasteiger partial charge in [-0.15, -0.1) is 0 Å². The Bertz CT molecular complexity index is 361. The number of ether oxygens (including phenoxy) is 1. The molecule has 1 aromatic carbocycles. The highest BCUT2D eigenvalue weighted by Gasteiger charge is 2.19. The van der Waals surface area contributed by atoms with Crippen molar-refractivity contribution in [3.63, 3.8) is 0 Å². The molecule has 0 radical (unpaired) electrons. The van der Waals surface area contributed by atoms with E-state index in [0.717, 1.165) is 24.6 Å². The summed E-state index contributed by atoms with van der Waals surface area (Å²) >= 11 is 0. The van der Waals surface area contributed by atoms with E-state index >= 15 is 0 Å². The fourth-order valence-corrected chi connectivity index (χ4v) is 1.99. The molecule has 94 valence electrons. The van der Waals surface area contributed by atoms with Crippen molar-refractivity contribution < 1.29 is 9.84 Å². The molecule has 0 unspecified atom stereocenters. The third kappa shape index (κ3) is 3.93. The number of rotatable bonds is 7. The second-order valence-corrected chi connectivity index (χ2v) is 4.77. The highest BCUT2D eigenvalue weighted by molar-refractivity contribution is 5.41. The van der Waals surface area contributed by atoms with Crippen molar-refractivity contribution in [1.82, 2.24) is 5.32 Å². The van der Waals surface area contributed by atoms with Gasteiger partial charge in [0.05, 0.1) is 7.11 Å². The summed E-state index contributed by atoms with van der Waals surface area (Å²) in [5.74, 6) is 1.76. The van der Waals surface area contributed by atoms with E-state index < -0.39 is 0 Å². The number of nitrogens with one attached hydrogen (secondary N) is 1. The first-order valence-corrected chi connectivity index (χ1v) is 6.36. The smallest absolute Gasteiger partial charge is 0.160 e. The average Bonchev–Trinajstić information content (AvgIpc) is 3.15. The molecule has 2 rings (SSSR count). The van der Waals surface area contributed by atoms with Crippen molar-refractivity contribution in [2.24, 2.45) is 5.92 Å². The SMILES string of the molecule is COc1cc(CNCCCC2CC2)ccc1O. The zero-order valence-electron chi connectivity index (χ0n) is 10.4. The van der Waals surface area contributed by atoms with Gasteiger partial charge in [0, 0.05) is 6.54 Å². The zero-order chi connectivity index (χ0) is 12.1. The zero-order valence-corrected chi connectivity index (χ0v) is 10.4. The minimum absolute atomic E-state index is 0.199. The largest absolute Gasteiger partial charge is 0.504 e. The van der Waals surface area contributed by atoms with Gasteiger partial charge in [-0.25, -0.2) is 0 Å². The molecule has 17 heavy (non-hydrogen) atoms. The van der Waals surface area contributed by atoms with E-state index in [1.807, 2.05) is 12.1 Å². The average molecular weight is 235 g/mol. The third-order valence-corrected chi connectivity index (χ3v) is 3.24. The molecule has 1 aromatic rings. The minimum atomic E-state index is 0.199. The van der Waals surface area contributed by atoms with Crippen molar-refractivity contribution in [3.8, 4) is 11.5 Å². The van der Waals surface area contributed by atoms with Crippen LogP contribution in [0, 0.1) is 5.92 Å². The van der Waals surface area contributed by atoms with E-state index in [4.69, 9.17) is 4.74 Å². The Morgan fingerprint density at radius 2 is 2.24 bits per heavy atom. The molecule has 3 heteroatoms. The van der Waals surface area contributed by atoms with Gasteiger partial charge in [-0.2, -0.15) is 0 Å². The molecule has 1 aliphatic rings. The summed E-state index contributed by atoms with van der Waals surface area (Å²) in [6, 6.07) is 5.48. The molecule has 0 aromatic heterocycles. The molecule has 2 N–H and O–H groups in total. The summed E-state index contributed by atoms with van der Waals surface area (Å²) in [4.78, 5) is 0. The molecule has 0 bridgehead atoms. The van der Waals surface area contributed by atoms with Crippen molar-refractivity contribution in [1.29, 1.82) is 0 Å². The van der Waals surface area contributed by atoms with E-state index in [1.54, 1.807) is 13.2 Å². The topological polar surface area (TPSA) is 41.5 Å². The van der Waals surface area contributed by atoms with Crippen LogP contribution in [0.2, 0.25) is 0 Å². The van der Waals surface area contributed by atoms with Crippen LogP contribution in [0.1, 0.15) is 31.2 Å². The monoisotopic (exact) mass is 235 g/mol. The van der Waals surface area contributed by atoms with Gasteiger partial charge in [0.2, 0.25) is 0 Å². The number of methoxy groups -OCH3 is 1. The minimum Gasteiger partial charge on any atom is -0.504 e. The van der Waals surface area contributed by atoms with Gasteiger partial charge in [0.1, 0.15) is 0 Å². The fraction of sp³-hybridized carbons (Fsp3) is 0.571. The van der Waals surface area contributed by atoms with Crippen LogP contribution in [-0.4, -0.2) is 18.8 Å². The maximum absolute atomic E-state index is 9.47. The fourth-order valence-electron chi connectivity index (χ4n) is 1.99. The molecule has 1 fully saturated rings. The second kappa shape index (κ2) is 5.92. The molecule has 0 atom stereocenters. The summed E-state index contributed by atoms with van der Waals surface area (Å²) in [7, 11) is 1.57. The number of aromatic hydroxyl groups is 1. The maximum Gasteiger partial charge on any atom is 0.160 e. The third-order valence-electron chi connectivity index (χ3n) is 3.24. The van der Waals surface area contributed by atoms with Crippen LogP contribution in [0.15, 0.2) is 18.2 Å². The van der Waals surface area contributed by atoms with E-state index in [9.17, 15) is 5.11 Å². The predicted octanol–water partition coefficient (Wildman–Crippen LogP) is 2.68. The molecule has 0 aliphatic heterocycles. The Morgan fingerprint density at radius 3 is 2.94 bits per heavy atom. The molecule has 0 saturated heterocycles. The second-order valence-electron chi connectivity index (χ2n) is 4.77. The van der Waals surface area contributed by atoms with Crippen molar-refractivity contribution >= 4 is 0 Å². The molecule has 1 aliphatic carbocycles. The van der Waals surface area contributed by atoms with Gasteiger partial charge in [0.15, 0.2) is 11.5 Å². The van der Waals surface area contributed by atoms with E-state index in [0.29, 0.717) is 5.75 Å². The van der Waals surface area contributed by atoms with Crippen LogP contribution in [-0.2, 0) is 6.54 Å². The maximum atomic E-state index is 9.47. The molecule has 0 spiro atoms. The lowest BCUT2D eigenvalue weighted by atomic mass is 10.2. The first kappa shape index (κ1) is 12.2. The van der Waals surface area contributed by atoms with Gasteiger partial charge in [0.25, 0.3) is 0 Å². The van der Waals surface area contributed by atoms with E-state index in [2.05, 4.69) is 5.32 Å². The van der Waals surface area contributed by atoms with Gasteiger partial charge in [-0.1, -0.05) is 18.9 Å². The number of phenols is 1. The Morgan fingerprint density at radius 1 is 1.41 bits per heavy atom. The normalized spacial score (nSPS) is 14.9. The summed E-state index contributed by atoms with van der Waals surface area (Å²) in [6.07, 6.45) is 5.51. The van der Waals surface area contributed by atoms with Crippen LogP contribution in [0.25, 0.3) is 0 Å². The lowest BCUT2D eigenvalue weighted by Gasteiger charge is -2.08. The molecule has 3 nitrogen and oxygen atoms in total. The Hall–Kier alpha value is -1.22. The van der Waals surface area contributed by atoms with Crippen LogP contribution in [0.4, 0.5) is 0 Å². The lowest BCUT2D eigenvalue weighted by Crippen LogP contribution is -2.14. The summed E-state index contributed by atoms with van der Waals surface area (Å²) in [5.41, 5.74) is 1.14. The number of hydrogen-bond acceptors (Lipinski definition) is 3. The Kier molecular flexibility index (Phi) is 4.26. The molecule has 0 amide bonds.